The number of nitrogens with one attached hydrogen (secondary N) is 1. The summed E-state index contributed by atoms with van der Waals surface area (Å²) in [7, 11) is 0. The first-order valence-electron chi connectivity index (χ1n) is 6.02. The van der Waals surface area contributed by atoms with Crippen molar-refractivity contribution in [3.63, 3.8) is 0 Å². The zero-order valence-corrected chi connectivity index (χ0v) is 11.5. The molecule has 2 rings (SSSR count). The first kappa shape index (κ1) is 13.2. The molecule has 96 valence electrons. The van der Waals surface area contributed by atoms with Crippen LogP contribution >= 0.6 is 11.8 Å². The molecular weight excluding hydrogens is 247 g/mol. The Morgan fingerprint density at radius 3 is 2.56 bits per heavy atom. The van der Waals surface area contributed by atoms with Crippen molar-refractivity contribution in [3.05, 3.63) is 30.1 Å². The Labute approximate surface area is 112 Å². The van der Waals surface area contributed by atoms with Gasteiger partial charge in [-0.1, -0.05) is 13.8 Å². The molecule has 4 heteroatoms. The summed E-state index contributed by atoms with van der Waals surface area (Å²) in [6.45, 7) is 4.24. The van der Waals surface area contributed by atoms with Crippen molar-refractivity contribution >= 4 is 17.4 Å². The SMILES string of the molecule is CC1(C)CCSCC1(C#N)Nc1ccc(F)cc1. The lowest BCUT2D eigenvalue weighted by atomic mass is 9.71. The van der Waals surface area contributed by atoms with Crippen LogP contribution in [0.2, 0.25) is 0 Å². The van der Waals surface area contributed by atoms with Crippen LogP contribution in [0.5, 0.6) is 0 Å². The van der Waals surface area contributed by atoms with E-state index in [9.17, 15) is 9.65 Å². The fourth-order valence-corrected chi connectivity index (χ4v) is 3.79. The van der Waals surface area contributed by atoms with E-state index in [2.05, 4.69) is 25.2 Å². The van der Waals surface area contributed by atoms with Crippen molar-refractivity contribution in [3.8, 4) is 6.07 Å². The van der Waals surface area contributed by atoms with Crippen LogP contribution in [0.4, 0.5) is 10.1 Å². The molecule has 0 saturated carbocycles. The van der Waals surface area contributed by atoms with Crippen LogP contribution in [0.25, 0.3) is 0 Å². The molecule has 0 radical (unpaired) electrons. The number of halogens is 1. The van der Waals surface area contributed by atoms with Gasteiger partial charge in [-0.2, -0.15) is 17.0 Å². The number of hydrogen-bond acceptors (Lipinski definition) is 3. The average molecular weight is 264 g/mol. The van der Waals surface area contributed by atoms with Gasteiger partial charge in [0.15, 0.2) is 0 Å². The molecule has 0 amide bonds. The summed E-state index contributed by atoms with van der Waals surface area (Å²) in [5.74, 6) is 1.58. The smallest absolute Gasteiger partial charge is 0.139 e. The Balaban J connectivity index is 2.28. The maximum Gasteiger partial charge on any atom is 0.139 e. The second-order valence-corrected chi connectivity index (χ2v) is 6.44. The van der Waals surface area contributed by atoms with Crippen LogP contribution in [0.3, 0.4) is 0 Å². The van der Waals surface area contributed by atoms with Crippen LogP contribution in [0, 0.1) is 22.6 Å². The minimum atomic E-state index is -0.590. The third-order valence-electron chi connectivity index (χ3n) is 3.74. The monoisotopic (exact) mass is 264 g/mol. The van der Waals surface area contributed by atoms with Crippen LogP contribution in [0.15, 0.2) is 24.3 Å². The van der Waals surface area contributed by atoms with Crippen molar-refractivity contribution < 1.29 is 4.39 Å². The number of rotatable bonds is 2. The van der Waals surface area contributed by atoms with Gasteiger partial charge in [0.2, 0.25) is 0 Å². The molecule has 2 nitrogen and oxygen atoms in total. The molecule has 0 aromatic heterocycles. The summed E-state index contributed by atoms with van der Waals surface area (Å²) in [6.07, 6.45) is 0.999. The van der Waals surface area contributed by atoms with Gasteiger partial charge in [-0.25, -0.2) is 4.39 Å². The first-order valence-corrected chi connectivity index (χ1v) is 7.17. The highest BCUT2D eigenvalue weighted by molar-refractivity contribution is 7.99. The Morgan fingerprint density at radius 1 is 1.33 bits per heavy atom. The van der Waals surface area contributed by atoms with Gasteiger partial charge in [0.05, 0.1) is 6.07 Å². The molecule has 0 aliphatic carbocycles. The van der Waals surface area contributed by atoms with Gasteiger partial charge in [0.1, 0.15) is 11.4 Å². The number of anilines is 1. The Morgan fingerprint density at radius 2 is 2.00 bits per heavy atom. The molecule has 1 fully saturated rings. The summed E-state index contributed by atoms with van der Waals surface area (Å²) >= 11 is 1.79. The lowest BCUT2D eigenvalue weighted by Crippen LogP contribution is -2.54. The number of hydrogen-bond donors (Lipinski definition) is 1. The maximum atomic E-state index is 12.9. The minimum Gasteiger partial charge on any atom is -0.366 e. The maximum absolute atomic E-state index is 12.9. The molecule has 0 bridgehead atoms. The molecule has 1 saturated heterocycles. The summed E-state index contributed by atoms with van der Waals surface area (Å²) in [5.41, 5.74) is 0.114. The third kappa shape index (κ3) is 2.32. The van der Waals surface area contributed by atoms with Crippen LogP contribution in [0.1, 0.15) is 20.3 Å². The molecule has 1 aromatic rings. The second-order valence-electron chi connectivity index (χ2n) is 5.34. The largest absolute Gasteiger partial charge is 0.366 e. The lowest BCUT2D eigenvalue weighted by molar-refractivity contribution is 0.248. The van der Waals surface area contributed by atoms with E-state index in [1.807, 2.05) is 0 Å². The van der Waals surface area contributed by atoms with Crippen LogP contribution in [-0.2, 0) is 0 Å². The van der Waals surface area contributed by atoms with E-state index in [4.69, 9.17) is 0 Å². The zero-order valence-electron chi connectivity index (χ0n) is 10.7. The normalized spacial score (nSPS) is 26.3. The van der Waals surface area contributed by atoms with Gasteiger partial charge in [-0.05, 0) is 36.4 Å². The molecule has 1 aliphatic heterocycles. The molecule has 1 atom stereocenters. The summed E-state index contributed by atoms with van der Waals surface area (Å²) in [5, 5.41) is 12.9. The average Bonchev–Trinajstić information content (AvgIpc) is 2.34. The van der Waals surface area contributed by atoms with Gasteiger partial charge >= 0.3 is 0 Å². The third-order valence-corrected chi connectivity index (χ3v) is 4.87. The van der Waals surface area contributed by atoms with Gasteiger partial charge < -0.3 is 5.32 Å². The van der Waals surface area contributed by atoms with Crippen molar-refractivity contribution in [1.29, 1.82) is 5.26 Å². The zero-order chi connectivity index (χ0) is 13.2. The van der Waals surface area contributed by atoms with E-state index < -0.39 is 5.54 Å². The Bertz CT molecular complexity index is 464. The van der Waals surface area contributed by atoms with Gasteiger partial charge in [-0.3, -0.25) is 0 Å². The van der Waals surface area contributed by atoms with Gasteiger partial charge in [0, 0.05) is 16.9 Å². The second kappa shape index (κ2) is 4.81. The fourth-order valence-electron chi connectivity index (χ4n) is 2.16. The number of benzene rings is 1. The molecule has 1 N–H and O–H groups in total. The predicted octanol–water partition coefficient (Wildman–Crippen LogP) is 3.66. The predicted molar refractivity (Wildman–Crippen MR) is 74.1 cm³/mol. The Kier molecular flexibility index (Phi) is 3.54. The highest BCUT2D eigenvalue weighted by Gasteiger charge is 2.47. The summed E-state index contributed by atoms with van der Waals surface area (Å²) in [4.78, 5) is 0. The molecule has 0 spiro atoms. The van der Waals surface area contributed by atoms with E-state index in [1.165, 1.54) is 12.1 Å². The minimum absolute atomic E-state index is 0.0958. The van der Waals surface area contributed by atoms with E-state index in [0.29, 0.717) is 0 Å². The summed E-state index contributed by atoms with van der Waals surface area (Å²) in [6, 6.07) is 8.64. The number of nitriles is 1. The highest BCUT2D eigenvalue weighted by atomic mass is 32.2. The molecular formula is C14H17FN2S. The van der Waals surface area contributed by atoms with Crippen molar-refractivity contribution in [2.24, 2.45) is 5.41 Å². The van der Waals surface area contributed by atoms with Crippen LogP contribution in [-0.4, -0.2) is 17.0 Å². The van der Waals surface area contributed by atoms with E-state index >= 15 is 0 Å². The van der Waals surface area contributed by atoms with E-state index in [0.717, 1.165) is 23.6 Å². The van der Waals surface area contributed by atoms with Gasteiger partial charge in [0.25, 0.3) is 0 Å². The van der Waals surface area contributed by atoms with Crippen molar-refractivity contribution in [2.45, 2.75) is 25.8 Å². The molecule has 1 heterocycles. The van der Waals surface area contributed by atoms with E-state index in [1.54, 1.807) is 23.9 Å². The molecule has 1 aromatic carbocycles. The molecule has 18 heavy (non-hydrogen) atoms. The quantitative estimate of drug-likeness (QED) is 0.885. The first-order chi connectivity index (χ1) is 8.49. The lowest BCUT2D eigenvalue weighted by Gasteiger charge is -2.46. The van der Waals surface area contributed by atoms with Gasteiger partial charge in [-0.15, -0.1) is 0 Å². The van der Waals surface area contributed by atoms with E-state index in [-0.39, 0.29) is 11.2 Å². The fraction of sp³-hybridized carbons (Fsp3) is 0.500. The summed E-state index contributed by atoms with van der Waals surface area (Å²) < 4.78 is 12.9. The van der Waals surface area contributed by atoms with Crippen molar-refractivity contribution in [2.75, 3.05) is 16.8 Å². The number of nitrogens with zero attached hydrogens (tertiary/aromatic N) is 1. The highest BCUT2D eigenvalue weighted by Crippen LogP contribution is 2.43. The van der Waals surface area contributed by atoms with Crippen LogP contribution < -0.4 is 5.32 Å². The topological polar surface area (TPSA) is 35.8 Å². The Hall–Kier alpha value is -1.21. The molecule has 1 aliphatic rings. The number of thioether (sulfide) groups is 1. The van der Waals surface area contributed by atoms with Crippen molar-refractivity contribution in [1.82, 2.24) is 0 Å². The molecule has 1 unspecified atom stereocenters. The standard InChI is InChI=1S/C14H17FN2S/c1-13(2)7-8-18-10-14(13,9-16)17-12-5-3-11(15)4-6-12/h3-6,17H,7-8,10H2,1-2H3.